The van der Waals surface area contributed by atoms with E-state index in [4.69, 9.17) is 16.3 Å². The SMILES string of the molecule is COc1ccc(Cl)cc1NC(=O)NC[C@H](c1ccc(N(C)C)cc1)N1CCN(C)CC1. The van der Waals surface area contributed by atoms with E-state index in [0.717, 1.165) is 31.9 Å². The molecule has 2 N–H and O–H groups in total. The molecular weight excluding hydrogens is 414 g/mol. The molecule has 31 heavy (non-hydrogen) atoms. The maximum absolute atomic E-state index is 12.7. The highest BCUT2D eigenvalue weighted by atomic mass is 35.5. The van der Waals surface area contributed by atoms with Crippen LogP contribution in [0.15, 0.2) is 42.5 Å². The third kappa shape index (κ3) is 6.26. The average molecular weight is 446 g/mol. The minimum Gasteiger partial charge on any atom is -0.495 e. The van der Waals surface area contributed by atoms with Crippen molar-refractivity contribution in [3.8, 4) is 5.75 Å². The standard InChI is InChI=1S/C23H32ClN5O2/c1-27(2)19-8-5-17(6-9-19)21(29-13-11-28(3)12-14-29)16-25-23(30)26-20-15-18(24)7-10-22(20)31-4/h5-10,15,21H,11-14,16H2,1-4H3,(H2,25,26,30)/t21-/m1/s1. The molecule has 168 valence electrons. The van der Waals surface area contributed by atoms with E-state index < -0.39 is 0 Å². The van der Waals surface area contributed by atoms with Gasteiger partial charge in [-0.3, -0.25) is 4.90 Å². The number of anilines is 2. The first-order valence-corrected chi connectivity index (χ1v) is 10.8. The van der Waals surface area contributed by atoms with Crippen molar-refractivity contribution < 1.29 is 9.53 Å². The van der Waals surface area contributed by atoms with Gasteiger partial charge in [-0.1, -0.05) is 23.7 Å². The number of halogens is 1. The van der Waals surface area contributed by atoms with Crippen molar-refractivity contribution in [2.45, 2.75) is 6.04 Å². The molecule has 0 spiro atoms. The first kappa shape index (κ1) is 23.2. The highest BCUT2D eigenvalue weighted by molar-refractivity contribution is 6.31. The molecule has 1 atom stereocenters. The molecule has 2 amide bonds. The van der Waals surface area contributed by atoms with Gasteiger partial charge in [-0.15, -0.1) is 0 Å². The van der Waals surface area contributed by atoms with Crippen LogP contribution in [0.3, 0.4) is 0 Å². The summed E-state index contributed by atoms with van der Waals surface area (Å²) in [6.07, 6.45) is 0. The smallest absolute Gasteiger partial charge is 0.319 e. The number of ether oxygens (including phenoxy) is 1. The number of rotatable bonds is 7. The Balaban J connectivity index is 1.71. The summed E-state index contributed by atoms with van der Waals surface area (Å²) < 4.78 is 5.31. The lowest BCUT2D eigenvalue weighted by Crippen LogP contribution is -2.48. The number of hydrogen-bond donors (Lipinski definition) is 2. The zero-order chi connectivity index (χ0) is 22.4. The fourth-order valence-corrected chi connectivity index (χ4v) is 3.89. The number of carbonyl (C=O) groups is 1. The first-order chi connectivity index (χ1) is 14.9. The molecule has 1 saturated heterocycles. The second-order valence-electron chi connectivity index (χ2n) is 8.02. The molecule has 7 nitrogen and oxygen atoms in total. The lowest BCUT2D eigenvalue weighted by Gasteiger charge is -2.38. The van der Waals surface area contributed by atoms with E-state index >= 15 is 0 Å². The second-order valence-corrected chi connectivity index (χ2v) is 8.46. The average Bonchev–Trinajstić information content (AvgIpc) is 2.75. The van der Waals surface area contributed by atoms with Crippen LogP contribution < -0.4 is 20.3 Å². The number of amides is 2. The van der Waals surface area contributed by atoms with Crippen LogP contribution in [0, 0.1) is 0 Å². The van der Waals surface area contributed by atoms with Crippen molar-refractivity contribution in [3.63, 3.8) is 0 Å². The van der Waals surface area contributed by atoms with Gasteiger partial charge in [0.25, 0.3) is 0 Å². The maximum atomic E-state index is 12.7. The molecule has 0 unspecified atom stereocenters. The number of hydrogen-bond acceptors (Lipinski definition) is 5. The molecule has 2 aromatic rings. The molecule has 2 aromatic carbocycles. The number of carbonyl (C=O) groups excluding carboxylic acids is 1. The Morgan fingerprint density at radius 3 is 2.42 bits per heavy atom. The molecule has 0 radical (unpaired) electrons. The molecule has 0 bridgehead atoms. The molecule has 1 aliphatic rings. The summed E-state index contributed by atoms with van der Waals surface area (Å²) in [5.41, 5.74) is 2.88. The summed E-state index contributed by atoms with van der Waals surface area (Å²) in [6, 6.07) is 13.5. The molecule has 0 aromatic heterocycles. The summed E-state index contributed by atoms with van der Waals surface area (Å²) in [4.78, 5) is 19.5. The molecule has 3 rings (SSSR count). The molecule has 1 heterocycles. The van der Waals surface area contributed by atoms with Gasteiger partial charge in [-0.05, 0) is 42.9 Å². The minimum atomic E-state index is -0.287. The molecule has 0 aliphatic carbocycles. The van der Waals surface area contributed by atoms with Gasteiger partial charge < -0.3 is 25.2 Å². The van der Waals surface area contributed by atoms with Gasteiger partial charge in [0.2, 0.25) is 0 Å². The molecule has 1 aliphatic heterocycles. The predicted molar refractivity (Wildman–Crippen MR) is 128 cm³/mol. The van der Waals surface area contributed by atoms with Gasteiger partial charge in [-0.25, -0.2) is 4.79 Å². The Bertz CT molecular complexity index is 867. The number of urea groups is 1. The number of likely N-dealkylation sites (N-methyl/N-ethyl adjacent to an activating group) is 1. The first-order valence-electron chi connectivity index (χ1n) is 10.5. The Morgan fingerprint density at radius 2 is 1.81 bits per heavy atom. The fraction of sp³-hybridized carbons (Fsp3) is 0.435. The predicted octanol–water partition coefficient (Wildman–Crippen LogP) is 3.52. The quantitative estimate of drug-likeness (QED) is 0.682. The number of nitrogens with zero attached hydrogens (tertiary/aromatic N) is 3. The van der Waals surface area contributed by atoms with Gasteiger partial charge in [0, 0.05) is 57.5 Å². The van der Waals surface area contributed by atoms with Crippen LogP contribution in [-0.2, 0) is 0 Å². The number of nitrogens with one attached hydrogen (secondary N) is 2. The minimum absolute atomic E-state index is 0.0944. The van der Waals surface area contributed by atoms with Crippen molar-refractivity contribution in [2.75, 3.05) is 71.2 Å². The van der Waals surface area contributed by atoms with Crippen LogP contribution in [0.25, 0.3) is 0 Å². The lowest BCUT2D eigenvalue weighted by molar-refractivity contribution is 0.111. The third-order valence-corrected chi connectivity index (χ3v) is 5.87. The van der Waals surface area contributed by atoms with Crippen molar-refractivity contribution in [2.24, 2.45) is 0 Å². The van der Waals surface area contributed by atoms with E-state index in [0.29, 0.717) is 23.0 Å². The van der Waals surface area contributed by atoms with Crippen LogP contribution in [0.4, 0.5) is 16.2 Å². The van der Waals surface area contributed by atoms with Gasteiger partial charge in [0.15, 0.2) is 0 Å². The third-order valence-electron chi connectivity index (χ3n) is 5.64. The summed E-state index contributed by atoms with van der Waals surface area (Å²) >= 11 is 6.07. The molecule has 1 fully saturated rings. The summed E-state index contributed by atoms with van der Waals surface area (Å²) in [6.45, 7) is 4.44. The van der Waals surface area contributed by atoms with E-state index in [-0.39, 0.29) is 12.1 Å². The van der Waals surface area contributed by atoms with Gasteiger partial charge in [0.1, 0.15) is 5.75 Å². The Labute approximate surface area is 189 Å². The Kier molecular flexibility index (Phi) is 8.01. The zero-order valence-electron chi connectivity index (χ0n) is 18.7. The van der Waals surface area contributed by atoms with Gasteiger partial charge in [0.05, 0.1) is 18.8 Å². The Morgan fingerprint density at radius 1 is 1.13 bits per heavy atom. The van der Waals surface area contributed by atoms with Crippen LogP contribution in [0.5, 0.6) is 5.75 Å². The molecule has 0 saturated carbocycles. The Hall–Kier alpha value is -2.48. The molecular formula is C23H32ClN5O2. The largest absolute Gasteiger partial charge is 0.495 e. The van der Waals surface area contributed by atoms with Crippen molar-refractivity contribution >= 4 is 29.0 Å². The fourth-order valence-electron chi connectivity index (χ4n) is 3.72. The lowest BCUT2D eigenvalue weighted by atomic mass is 10.0. The number of methoxy groups -OCH3 is 1. The summed E-state index contributed by atoms with van der Waals surface area (Å²) in [5, 5.41) is 6.42. The van der Waals surface area contributed by atoms with Crippen LogP contribution in [0.2, 0.25) is 5.02 Å². The van der Waals surface area contributed by atoms with E-state index in [2.05, 4.69) is 56.6 Å². The topological polar surface area (TPSA) is 60.1 Å². The van der Waals surface area contributed by atoms with Crippen molar-refractivity contribution in [3.05, 3.63) is 53.1 Å². The summed E-state index contributed by atoms with van der Waals surface area (Å²) in [5.74, 6) is 0.564. The van der Waals surface area contributed by atoms with Crippen LogP contribution >= 0.6 is 11.6 Å². The van der Waals surface area contributed by atoms with Crippen molar-refractivity contribution in [1.82, 2.24) is 15.1 Å². The number of benzene rings is 2. The zero-order valence-corrected chi connectivity index (χ0v) is 19.4. The highest BCUT2D eigenvalue weighted by Gasteiger charge is 2.24. The normalized spacial score (nSPS) is 15.9. The molecule has 8 heteroatoms. The van der Waals surface area contributed by atoms with Gasteiger partial charge in [-0.2, -0.15) is 0 Å². The monoisotopic (exact) mass is 445 g/mol. The highest BCUT2D eigenvalue weighted by Crippen LogP contribution is 2.28. The van der Waals surface area contributed by atoms with E-state index in [1.807, 2.05) is 14.1 Å². The van der Waals surface area contributed by atoms with Crippen molar-refractivity contribution in [1.29, 1.82) is 0 Å². The van der Waals surface area contributed by atoms with E-state index in [1.54, 1.807) is 25.3 Å². The second kappa shape index (κ2) is 10.7. The summed E-state index contributed by atoms with van der Waals surface area (Å²) in [7, 11) is 7.77. The van der Waals surface area contributed by atoms with Gasteiger partial charge >= 0.3 is 6.03 Å². The number of piperazine rings is 1. The maximum Gasteiger partial charge on any atom is 0.319 e. The van der Waals surface area contributed by atoms with Crippen LogP contribution in [-0.4, -0.2) is 76.8 Å². The van der Waals surface area contributed by atoms with E-state index in [9.17, 15) is 4.79 Å². The van der Waals surface area contributed by atoms with E-state index in [1.165, 1.54) is 5.56 Å². The van der Waals surface area contributed by atoms with Crippen LogP contribution in [0.1, 0.15) is 11.6 Å².